The van der Waals surface area contributed by atoms with E-state index in [9.17, 15) is 13.2 Å². The molecule has 0 radical (unpaired) electrons. The number of hydrogen-bond acceptors (Lipinski definition) is 8. The van der Waals surface area contributed by atoms with Gasteiger partial charge in [-0.3, -0.25) is 0 Å². The van der Waals surface area contributed by atoms with E-state index in [0.29, 0.717) is 51.1 Å². The molecule has 2 atom stereocenters. The van der Waals surface area contributed by atoms with E-state index >= 15 is 0 Å². The van der Waals surface area contributed by atoms with Gasteiger partial charge >= 0.3 is 6.09 Å². The molecule has 1 unspecified atom stereocenters. The Hall–Kier alpha value is -2.76. The summed E-state index contributed by atoms with van der Waals surface area (Å²) < 4.78 is 36.8. The number of nitrogens with zero attached hydrogens (tertiary/aromatic N) is 5. The average molecular weight is 530 g/mol. The van der Waals surface area contributed by atoms with Crippen molar-refractivity contribution in [3.05, 3.63) is 53.3 Å². The SMILES string of the molecule is C[C@@H]1CC(COC2CN(c3ncc4c(n3)CCN(S(C)(=O)=O)C4)C2)CCN1C(=O)OCc1ccccc1. The average Bonchev–Trinajstić information content (AvgIpc) is 2.86. The molecule has 4 heterocycles. The second kappa shape index (κ2) is 10.9. The van der Waals surface area contributed by atoms with Crippen molar-refractivity contribution in [2.75, 3.05) is 43.9 Å². The summed E-state index contributed by atoms with van der Waals surface area (Å²) in [5, 5.41) is 0. The van der Waals surface area contributed by atoms with Gasteiger partial charge in [0.15, 0.2) is 0 Å². The lowest BCUT2D eigenvalue weighted by Crippen LogP contribution is -2.54. The maximum Gasteiger partial charge on any atom is 0.410 e. The van der Waals surface area contributed by atoms with Crippen molar-refractivity contribution in [3.63, 3.8) is 0 Å². The van der Waals surface area contributed by atoms with Gasteiger partial charge in [-0.05, 0) is 31.2 Å². The summed E-state index contributed by atoms with van der Waals surface area (Å²) in [4.78, 5) is 25.6. The molecule has 200 valence electrons. The normalized spacial score (nSPS) is 22.9. The molecule has 37 heavy (non-hydrogen) atoms. The van der Waals surface area contributed by atoms with Gasteiger partial charge in [-0.25, -0.2) is 23.2 Å². The molecular weight excluding hydrogens is 494 g/mol. The highest BCUT2D eigenvalue weighted by molar-refractivity contribution is 7.88. The molecule has 0 N–H and O–H groups in total. The molecule has 0 bridgehead atoms. The molecule has 2 aromatic rings. The first kappa shape index (κ1) is 25.9. The lowest BCUT2D eigenvalue weighted by Gasteiger charge is -2.41. The third-order valence-corrected chi connectivity index (χ3v) is 8.73. The van der Waals surface area contributed by atoms with Crippen LogP contribution in [0, 0.1) is 5.92 Å². The van der Waals surface area contributed by atoms with Crippen molar-refractivity contribution in [1.82, 2.24) is 19.2 Å². The van der Waals surface area contributed by atoms with E-state index in [1.54, 1.807) is 6.20 Å². The summed E-state index contributed by atoms with van der Waals surface area (Å²) in [6.45, 7) is 6.01. The molecule has 0 spiro atoms. The van der Waals surface area contributed by atoms with Gasteiger partial charge in [-0.1, -0.05) is 30.3 Å². The number of piperidine rings is 1. The summed E-state index contributed by atoms with van der Waals surface area (Å²) >= 11 is 0. The van der Waals surface area contributed by atoms with Gasteiger partial charge in [0.05, 0.1) is 24.7 Å². The number of rotatable bonds is 7. The minimum atomic E-state index is -3.21. The standard InChI is InChI=1S/C26H35N5O5S/c1-19-12-21(8-11-31(19)26(32)36-17-20-6-4-3-5-7-20)18-35-23-15-29(16-23)25-27-13-22-14-30(37(2,33)34)10-9-24(22)28-25/h3-7,13,19,21,23H,8-12,14-18H2,1-2H3/t19-,21?/m1/s1. The van der Waals surface area contributed by atoms with Crippen molar-refractivity contribution in [2.24, 2.45) is 5.92 Å². The van der Waals surface area contributed by atoms with Crippen LogP contribution in [0.4, 0.5) is 10.7 Å². The Bertz CT molecular complexity index is 1210. The molecule has 0 aliphatic carbocycles. The summed E-state index contributed by atoms with van der Waals surface area (Å²) in [5.74, 6) is 1.10. The van der Waals surface area contributed by atoms with Crippen molar-refractivity contribution >= 4 is 22.1 Å². The quantitative estimate of drug-likeness (QED) is 0.539. The fourth-order valence-electron chi connectivity index (χ4n) is 5.19. The predicted molar refractivity (Wildman–Crippen MR) is 138 cm³/mol. The zero-order chi connectivity index (χ0) is 26.0. The lowest BCUT2D eigenvalue weighted by atomic mass is 9.92. The summed E-state index contributed by atoms with van der Waals surface area (Å²) in [5.41, 5.74) is 2.79. The first-order valence-electron chi connectivity index (χ1n) is 12.9. The fourth-order valence-corrected chi connectivity index (χ4v) is 5.99. The Morgan fingerprint density at radius 1 is 1.16 bits per heavy atom. The van der Waals surface area contributed by atoms with Gasteiger partial charge in [0, 0.05) is 56.9 Å². The van der Waals surface area contributed by atoms with Crippen LogP contribution in [-0.2, 0) is 39.1 Å². The first-order chi connectivity index (χ1) is 17.8. The van der Waals surface area contributed by atoms with E-state index in [1.807, 2.05) is 35.2 Å². The summed E-state index contributed by atoms with van der Waals surface area (Å²) in [7, 11) is -3.21. The predicted octanol–water partition coefficient (Wildman–Crippen LogP) is 2.44. The van der Waals surface area contributed by atoms with E-state index in [0.717, 1.165) is 42.8 Å². The largest absolute Gasteiger partial charge is 0.445 e. The summed E-state index contributed by atoms with van der Waals surface area (Å²) in [6, 6.07) is 9.84. The van der Waals surface area contributed by atoms with E-state index in [1.165, 1.54) is 10.6 Å². The van der Waals surface area contributed by atoms with Crippen LogP contribution in [0.3, 0.4) is 0 Å². The topological polar surface area (TPSA) is 105 Å². The van der Waals surface area contributed by atoms with Crippen molar-refractivity contribution < 1.29 is 22.7 Å². The summed E-state index contributed by atoms with van der Waals surface area (Å²) in [6.07, 6.45) is 5.28. The van der Waals surface area contributed by atoms with Crippen LogP contribution in [0.5, 0.6) is 0 Å². The number of carbonyl (C=O) groups is 1. The van der Waals surface area contributed by atoms with Crippen LogP contribution < -0.4 is 4.90 Å². The highest BCUT2D eigenvalue weighted by Gasteiger charge is 2.34. The van der Waals surface area contributed by atoms with E-state index in [4.69, 9.17) is 14.5 Å². The number of ether oxygens (including phenoxy) is 2. The lowest BCUT2D eigenvalue weighted by molar-refractivity contribution is -0.0103. The number of carbonyl (C=O) groups excluding carboxylic acids is 1. The maximum atomic E-state index is 12.6. The third-order valence-electron chi connectivity index (χ3n) is 7.48. The number of benzene rings is 1. The Morgan fingerprint density at radius 2 is 1.95 bits per heavy atom. The number of aromatic nitrogens is 2. The molecule has 2 saturated heterocycles. The van der Waals surface area contributed by atoms with Crippen LogP contribution in [0.15, 0.2) is 36.5 Å². The zero-order valence-corrected chi connectivity index (χ0v) is 22.3. The smallest absolute Gasteiger partial charge is 0.410 e. The molecule has 2 fully saturated rings. The number of anilines is 1. The minimum Gasteiger partial charge on any atom is -0.445 e. The van der Waals surface area contributed by atoms with Crippen LogP contribution in [-0.4, -0.2) is 84.9 Å². The fraction of sp³-hybridized carbons (Fsp3) is 0.577. The first-order valence-corrected chi connectivity index (χ1v) is 14.7. The van der Waals surface area contributed by atoms with Gasteiger partial charge in [-0.2, -0.15) is 4.31 Å². The zero-order valence-electron chi connectivity index (χ0n) is 21.5. The van der Waals surface area contributed by atoms with Crippen LogP contribution in [0.2, 0.25) is 0 Å². The maximum absolute atomic E-state index is 12.6. The van der Waals surface area contributed by atoms with Crippen LogP contribution in [0.25, 0.3) is 0 Å². The van der Waals surface area contributed by atoms with E-state index in [-0.39, 0.29) is 18.2 Å². The number of fused-ring (bicyclic) bond motifs is 1. The van der Waals surface area contributed by atoms with Gasteiger partial charge in [-0.15, -0.1) is 0 Å². The Balaban J connectivity index is 1.03. The van der Waals surface area contributed by atoms with Crippen molar-refractivity contribution in [3.8, 4) is 0 Å². The molecular formula is C26H35N5O5S. The highest BCUT2D eigenvalue weighted by atomic mass is 32.2. The molecule has 3 aliphatic heterocycles. The number of likely N-dealkylation sites (tertiary alicyclic amines) is 1. The Morgan fingerprint density at radius 3 is 2.68 bits per heavy atom. The monoisotopic (exact) mass is 529 g/mol. The van der Waals surface area contributed by atoms with Crippen LogP contribution >= 0.6 is 0 Å². The second-order valence-electron chi connectivity index (χ2n) is 10.3. The van der Waals surface area contributed by atoms with Gasteiger partial charge in [0.25, 0.3) is 0 Å². The van der Waals surface area contributed by atoms with Crippen LogP contribution in [0.1, 0.15) is 36.6 Å². The minimum absolute atomic E-state index is 0.117. The second-order valence-corrected chi connectivity index (χ2v) is 12.3. The number of amides is 1. The highest BCUT2D eigenvalue weighted by Crippen LogP contribution is 2.27. The molecule has 5 rings (SSSR count). The number of sulfonamides is 1. The van der Waals surface area contributed by atoms with Gasteiger partial charge in [0.1, 0.15) is 6.61 Å². The van der Waals surface area contributed by atoms with Gasteiger partial charge in [0.2, 0.25) is 16.0 Å². The van der Waals surface area contributed by atoms with Crippen molar-refractivity contribution in [1.29, 1.82) is 0 Å². The van der Waals surface area contributed by atoms with E-state index in [2.05, 4.69) is 16.8 Å². The number of hydrogen-bond donors (Lipinski definition) is 0. The molecule has 0 saturated carbocycles. The molecule has 1 aromatic carbocycles. The van der Waals surface area contributed by atoms with Gasteiger partial charge < -0.3 is 19.3 Å². The molecule has 11 heteroatoms. The Labute approximate surface area is 218 Å². The van der Waals surface area contributed by atoms with Crippen molar-refractivity contribution in [2.45, 2.75) is 51.5 Å². The molecule has 3 aliphatic rings. The Kier molecular flexibility index (Phi) is 7.64. The molecule has 10 nitrogen and oxygen atoms in total. The third kappa shape index (κ3) is 6.22. The van der Waals surface area contributed by atoms with E-state index < -0.39 is 10.0 Å². The molecule has 1 amide bonds. The molecule has 1 aromatic heterocycles.